The van der Waals surface area contributed by atoms with Gasteiger partial charge in [0.05, 0.1) is 11.1 Å². The second-order valence-electron chi connectivity index (χ2n) is 2.76. The lowest BCUT2D eigenvalue weighted by Gasteiger charge is -1.97. The Morgan fingerprint density at radius 2 is 2.33 bits per heavy atom. The molecule has 0 radical (unpaired) electrons. The van der Waals surface area contributed by atoms with E-state index in [0.29, 0.717) is 11.1 Å². The van der Waals surface area contributed by atoms with Crippen LogP contribution in [0.5, 0.6) is 0 Å². The first-order valence-electron chi connectivity index (χ1n) is 4.43. The molecule has 0 saturated carbocycles. The highest BCUT2D eigenvalue weighted by Gasteiger charge is 1.99. The minimum Gasteiger partial charge on any atom is -0.463 e. The molecule has 1 aromatic rings. The Kier molecular flexibility index (Phi) is 4.49. The van der Waals surface area contributed by atoms with E-state index in [1.807, 2.05) is 0 Å². The molecule has 0 unspecified atom stereocenters. The van der Waals surface area contributed by atoms with E-state index in [1.165, 1.54) is 12.1 Å². The van der Waals surface area contributed by atoms with E-state index >= 15 is 0 Å². The summed E-state index contributed by atoms with van der Waals surface area (Å²) in [6, 6.07) is 4.50. The average molecular weight is 273 g/mol. The molecule has 1 aromatic carbocycles. The minimum atomic E-state index is -0.405. The lowest BCUT2D eigenvalue weighted by molar-refractivity contribution is -0.137. The summed E-state index contributed by atoms with van der Waals surface area (Å²) in [5.41, 5.74) is 0.733. The standard InChI is InChI=1S/C11H10BrFO2/c1-2-15-11(14)6-4-8-3-5-10(13)9(12)7-8/h3-7H,2H2,1H3. The van der Waals surface area contributed by atoms with Crippen molar-refractivity contribution in [3.05, 3.63) is 40.1 Å². The summed E-state index contributed by atoms with van der Waals surface area (Å²) in [7, 11) is 0. The zero-order valence-electron chi connectivity index (χ0n) is 8.17. The van der Waals surface area contributed by atoms with Crippen molar-refractivity contribution in [3.63, 3.8) is 0 Å². The fourth-order valence-electron chi connectivity index (χ4n) is 0.971. The number of rotatable bonds is 3. The van der Waals surface area contributed by atoms with E-state index in [0.717, 1.165) is 5.56 Å². The lowest BCUT2D eigenvalue weighted by Crippen LogP contribution is -1.98. The molecule has 0 saturated heterocycles. The third-order valence-electron chi connectivity index (χ3n) is 1.64. The van der Waals surface area contributed by atoms with Crippen molar-refractivity contribution in [3.8, 4) is 0 Å². The summed E-state index contributed by atoms with van der Waals surface area (Å²) in [6.45, 7) is 2.08. The predicted octanol–water partition coefficient (Wildman–Crippen LogP) is 3.16. The molecule has 0 aromatic heterocycles. The number of ether oxygens (including phenoxy) is 1. The van der Waals surface area contributed by atoms with Gasteiger partial charge in [-0.3, -0.25) is 0 Å². The monoisotopic (exact) mass is 272 g/mol. The van der Waals surface area contributed by atoms with E-state index in [-0.39, 0.29) is 5.82 Å². The molecule has 15 heavy (non-hydrogen) atoms. The second kappa shape index (κ2) is 5.66. The molecule has 0 fully saturated rings. The van der Waals surface area contributed by atoms with Gasteiger partial charge in [0.1, 0.15) is 5.82 Å². The highest BCUT2D eigenvalue weighted by molar-refractivity contribution is 9.10. The molecule has 0 aliphatic heterocycles. The Hall–Kier alpha value is -1.16. The van der Waals surface area contributed by atoms with Gasteiger partial charge in [-0.1, -0.05) is 6.07 Å². The van der Waals surface area contributed by atoms with E-state index in [1.54, 1.807) is 25.1 Å². The number of esters is 1. The smallest absolute Gasteiger partial charge is 0.330 e. The van der Waals surface area contributed by atoms with Crippen LogP contribution in [-0.4, -0.2) is 12.6 Å². The fourth-order valence-corrected chi connectivity index (χ4v) is 1.37. The van der Waals surface area contributed by atoms with E-state index in [4.69, 9.17) is 4.74 Å². The Bertz CT molecular complexity index is 388. The van der Waals surface area contributed by atoms with Gasteiger partial charge in [0.25, 0.3) is 0 Å². The Morgan fingerprint density at radius 3 is 2.93 bits per heavy atom. The molecule has 0 heterocycles. The van der Waals surface area contributed by atoms with Gasteiger partial charge in [-0.15, -0.1) is 0 Å². The molecule has 0 bridgehead atoms. The molecule has 0 aliphatic rings. The molecular weight excluding hydrogens is 263 g/mol. The number of carbonyl (C=O) groups excluding carboxylic acids is 1. The van der Waals surface area contributed by atoms with E-state index in [9.17, 15) is 9.18 Å². The normalized spacial score (nSPS) is 10.6. The van der Waals surface area contributed by atoms with Crippen LogP contribution in [0.1, 0.15) is 12.5 Å². The van der Waals surface area contributed by atoms with Crippen LogP contribution in [0, 0.1) is 5.82 Å². The summed E-state index contributed by atoms with van der Waals surface area (Å²) in [6.07, 6.45) is 2.88. The molecule has 0 spiro atoms. The lowest BCUT2D eigenvalue weighted by atomic mass is 10.2. The fraction of sp³-hybridized carbons (Fsp3) is 0.182. The molecule has 4 heteroatoms. The number of halogens is 2. The highest BCUT2D eigenvalue weighted by Crippen LogP contribution is 2.17. The predicted molar refractivity (Wildman–Crippen MR) is 59.8 cm³/mol. The van der Waals surface area contributed by atoms with Crippen molar-refractivity contribution < 1.29 is 13.9 Å². The van der Waals surface area contributed by atoms with Gasteiger partial charge in [-0.25, -0.2) is 9.18 Å². The van der Waals surface area contributed by atoms with Crippen LogP contribution in [0.4, 0.5) is 4.39 Å². The van der Waals surface area contributed by atoms with Crippen molar-refractivity contribution >= 4 is 28.0 Å². The SMILES string of the molecule is CCOC(=O)C=Cc1ccc(F)c(Br)c1. The van der Waals surface area contributed by atoms with Crippen LogP contribution in [0.2, 0.25) is 0 Å². The van der Waals surface area contributed by atoms with Crippen molar-refractivity contribution in [2.45, 2.75) is 6.92 Å². The summed E-state index contributed by atoms with van der Waals surface area (Å²) in [5.74, 6) is -0.735. The maximum Gasteiger partial charge on any atom is 0.330 e. The summed E-state index contributed by atoms with van der Waals surface area (Å²) in [5, 5.41) is 0. The molecule has 0 aliphatic carbocycles. The maximum absolute atomic E-state index is 12.9. The van der Waals surface area contributed by atoms with Gasteiger partial charge in [0.2, 0.25) is 0 Å². The van der Waals surface area contributed by atoms with Gasteiger partial charge in [0.15, 0.2) is 0 Å². The molecule has 0 amide bonds. The van der Waals surface area contributed by atoms with Crippen LogP contribution in [0.15, 0.2) is 28.7 Å². The summed E-state index contributed by atoms with van der Waals surface area (Å²) < 4.78 is 17.9. The minimum absolute atomic E-state index is 0.330. The molecule has 1 rings (SSSR count). The van der Waals surface area contributed by atoms with Gasteiger partial charge >= 0.3 is 5.97 Å². The van der Waals surface area contributed by atoms with Gasteiger partial charge in [-0.2, -0.15) is 0 Å². The first kappa shape index (κ1) is 11.9. The van der Waals surface area contributed by atoms with Crippen LogP contribution < -0.4 is 0 Å². The van der Waals surface area contributed by atoms with Gasteiger partial charge in [0, 0.05) is 6.08 Å². The van der Waals surface area contributed by atoms with Crippen molar-refractivity contribution in [1.82, 2.24) is 0 Å². The topological polar surface area (TPSA) is 26.3 Å². The number of carbonyl (C=O) groups is 1. The number of hydrogen-bond acceptors (Lipinski definition) is 2. The highest BCUT2D eigenvalue weighted by atomic mass is 79.9. The zero-order valence-corrected chi connectivity index (χ0v) is 9.75. The Labute approximate surface area is 95.9 Å². The van der Waals surface area contributed by atoms with Gasteiger partial charge < -0.3 is 4.74 Å². The van der Waals surface area contributed by atoms with Crippen molar-refractivity contribution in [2.24, 2.45) is 0 Å². The molecule has 2 nitrogen and oxygen atoms in total. The Balaban J connectivity index is 2.72. The van der Waals surface area contributed by atoms with Crippen LogP contribution in [0.3, 0.4) is 0 Å². The van der Waals surface area contributed by atoms with Crippen LogP contribution in [0.25, 0.3) is 6.08 Å². The van der Waals surface area contributed by atoms with Crippen LogP contribution >= 0.6 is 15.9 Å². The van der Waals surface area contributed by atoms with Crippen molar-refractivity contribution in [1.29, 1.82) is 0 Å². The van der Waals surface area contributed by atoms with Crippen LogP contribution in [-0.2, 0) is 9.53 Å². The number of benzene rings is 1. The maximum atomic E-state index is 12.9. The largest absolute Gasteiger partial charge is 0.463 e. The van der Waals surface area contributed by atoms with Crippen molar-refractivity contribution in [2.75, 3.05) is 6.61 Å². The van der Waals surface area contributed by atoms with E-state index < -0.39 is 5.97 Å². The Morgan fingerprint density at radius 1 is 1.60 bits per heavy atom. The van der Waals surface area contributed by atoms with Gasteiger partial charge in [-0.05, 0) is 46.6 Å². The molecular formula is C11H10BrFO2. The summed E-state index contributed by atoms with van der Waals surface area (Å²) >= 11 is 3.06. The molecule has 80 valence electrons. The quantitative estimate of drug-likeness (QED) is 0.624. The second-order valence-corrected chi connectivity index (χ2v) is 3.61. The first-order valence-corrected chi connectivity index (χ1v) is 5.22. The average Bonchev–Trinajstić information content (AvgIpc) is 2.20. The third-order valence-corrected chi connectivity index (χ3v) is 2.25. The molecule has 0 atom stereocenters. The summed E-state index contributed by atoms with van der Waals surface area (Å²) in [4.78, 5) is 11.0. The van der Waals surface area contributed by atoms with E-state index in [2.05, 4.69) is 15.9 Å². The zero-order chi connectivity index (χ0) is 11.3. The molecule has 0 N–H and O–H groups in total. The third kappa shape index (κ3) is 3.83. The number of hydrogen-bond donors (Lipinski definition) is 0. The first-order chi connectivity index (χ1) is 7.13.